The Kier molecular flexibility index (Phi) is 9.91. The number of carbonyl (C=O) groups excluding carboxylic acids is 2. The van der Waals surface area contributed by atoms with Crippen LogP contribution in [-0.2, 0) is 29.0 Å². The number of ether oxygens (including phenoxy) is 1. The third-order valence-electron chi connectivity index (χ3n) is 6.80. The Morgan fingerprint density at radius 2 is 1.74 bits per heavy atom. The van der Waals surface area contributed by atoms with Crippen LogP contribution in [0.2, 0.25) is 0 Å². The van der Waals surface area contributed by atoms with Gasteiger partial charge in [-0.05, 0) is 67.0 Å². The molecule has 0 saturated heterocycles. The van der Waals surface area contributed by atoms with Crippen LogP contribution in [0.4, 0.5) is 16.4 Å². The van der Waals surface area contributed by atoms with Gasteiger partial charge in [-0.1, -0.05) is 54.1 Å². The fraction of sp³-hybridized carbons (Fsp3) is 0.219. The second kappa shape index (κ2) is 14.0. The van der Waals surface area contributed by atoms with Gasteiger partial charge in [0.05, 0.1) is 18.4 Å². The van der Waals surface area contributed by atoms with Crippen molar-refractivity contribution < 1.29 is 14.3 Å². The van der Waals surface area contributed by atoms with Crippen molar-refractivity contribution >= 4 is 68.7 Å². The van der Waals surface area contributed by atoms with Crippen molar-refractivity contribution in [1.82, 2.24) is 4.90 Å². The predicted octanol–water partition coefficient (Wildman–Crippen LogP) is 6.94. The molecule has 3 aromatic carbocycles. The maximum Gasteiger partial charge on any atom is 0.341 e. The highest BCUT2D eigenvalue weighted by Crippen LogP contribution is 2.38. The molecule has 10 heteroatoms. The van der Waals surface area contributed by atoms with E-state index in [1.807, 2.05) is 73.7 Å². The molecule has 5 rings (SSSR count). The fourth-order valence-corrected chi connectivity index (χ4v) is 7.03. The molecular formula is C32H32N4O3S3. The van der Waals surface area contributed by atoms with Crippen LogP contribution in [0.1, 0.15) is 31.9 Å². The normalized spacial score (nSPS) is 12.7. The number of thiophene rings is 1. The van der Waals surface area contributed by atoms with Crippen LogP contribution in [0.3, 0.4) is 0 Å². The molecule has 7 nitrogen and oxygen atoms in total. The van der Waals surface area contributed by atoms with E-state index < -0.39 is 5.97 Å². The van der Waals surface area contributed by atoms with E-state index in [1.54, 1.807) is 0 Å². The Hall–Kier alpha value is -3.70. The molecule has 2 heterocycles. The van der Waals surface area contributed by atoms with Crippen LogP contribution in [0.15, 0.2) is 83.8 Å². The molecule has 0 bridgehead atoms. The topological polar surface area (TPSA) is 82.7 Å². The summed E-state index contributed by atoms with van der Waals surface area (Å²) in [6, 6.07) is 26.1. The molecule has 0 aliphatic carbocycles. The quantitative estimate of drug-likeness (QED) is 0.106. The molecule has 0 atom stereocenters. The molecule has 1 aromatic heterocycles. The molecule has 0 saturated carbocycles. The lowest BCUT2D eigenvalue weighted by atomic mass is 10.0. The lowest BCUT2D eigenvalue weighted by Gasteiger charge is -2.27. The van der Waals surface area contributed by atoms with Crippen molar-refractivity contribution in [2.45, 2.75) is 31.3 Å². The van der Waals surface area contributed by atoms with Gasteiger partial charge in [0.2, 0.25) is 5.91 Å². The maximum atomic E-state index is 13.0. The lowest BCUT2D eigenvalue weighted by Crippen LogP contribution is -2.29. The predicted molar refractivity (Wildman–Crippen MR) is 177 cm³/mol. The maximum absolute atomic E-state index is 13.0. The molecule has 0 spiro atoms. The first-order chi connectivity index (χ1) is 20.4. The molecule has 216 valence electrons. The summed E-state index contributed by atoms with van der Waals surface area (Å²) in [7, 11) is 1.38. The summed E-state index contributed by atoms with van der Waals surface area (Å²) >= 11 is 8.34. The van der Waals surface area contributed by atoms with Crippen molar-refractivity contribution in [3.8, 4) is 0 Å². The number of thioether (sulfide) groups is 1. The highest BCUT2D eigenvalue weighted by atomic mass is 32.2. The Labute approximate surface area is 259 Å². The number of anilines is 3. The third-order valence-corrected chi connectivity index (χ3v) is 9.13. The monoisotopic (exact) mass is 616 g/mol. The number of amides is 1. The summed E-state index contributed by atoms with van der Waals surface area (Å²) in [5, 5.41) is 10.4. The van der Waals surface area contributed by atoms with Crippen molar-refractivity contribution in [3.63, 3.8) is 0 Å². The number of nitrogens with one attached hydrogen (secondary N) is 3. The average Bonchev–Trinajstić information content (AvgIpc) is 3.34. The molecule has 3 N–H and O–H groups in total. The number of hydrogen-bond donors (Lipinski definition) is 3. The van der Waals surface area contributed by atoms with Crippen molar-refractivity contribution in [2.24, 2.45) is 0 Å². The highest BCUT2D eigenvalue weighted by molar-refractivity contribution is 8.00. The summed E-state index contributed by atoms with van der Waals surface area (Å²) in [6.07, 6.45) is 0.730. The number of benzene rings is 3. The Bertz CT molecular complexity index is 1570. The number of fused-ring (bicyclic) bond motifs is 1. The van der Waals surface area contributed by atoms with E-state index in [4.69, 9.17) is 17.0 Å². The Morgan fingerprint density at radius 1 is 0.976 bits per heavy atom. The van der Waals surface area contributed by atoms with E-state index in [0.29, 0.717) is 15.7 Å². The second-order valence-electron chi connectivity index (χ2n) is 9.96. The minimum absolute atomic E-state index is 0.181. The largest absolute Gasteiger partial charge is 0.465 e. The van der Waals surface area contributed by atoms with Crippen molar-refractivity contribution in [2.75, 3.05) is 35.4 Å². The van der Waals surface area contributed by atoms with Crippen LogP contribution in [0.5, 0.6) is 0 Å². The molecule has 42 heavy (non-hydrogen) atoms. The summed E-state index contributed by atoms with van der Waals surface area (Å²) in [5.41, 5.74) is 5.62. The van der Waals surface area contributed by atoms with E-state index in [1.165, 1.54) is 41.3 Å². The van der Waals surface area contributed by atoms with Crippen LogP contribution >= 0.6 is 35.3 Å². The van der Waals surface area contributed by atoms with E-state index in [-0.39, 0.29) is 11.7 Å². The highest BCUT2D eigenvalue weighted by Gasteiger charge is 2.29. The van der Waals surface area contributed by atoms with Gasteiger partial charge in [-0.3, -0.25) is 9.69 Å². The number of carbonyl (C=O) groups is 2. The van der Waals surface area contributed by atoms with Crippen molar-refractivity contribution in [3.05, 3.63) is 106 Å². The molecular weight excluding hydrogens is 585 g/mol. The zero-order chi connectivity index (χ0) is 29.5. The summed E-state index contributed by atoms with van der Waals surface area (Å²) in [4.78, 5) is 30.1. The van der Waals surface area contributed by atoms with Gasteiger partial charge in [-0.15, -0.1) is 23.1 Å². The minimum Gasteiger partial charge on any atom is -0.465 e. The number of nitrogens with zero attached hydrogens (tertiary/aromatic N) is 1. The molecule has 1 aliphatic heterocycles. The van der Waals surface area contributed by atoms with Gasteiger partial charge in [-0.2, -0.15) is 0 Å². The number of esters is 1. The van der Waals surface area contributed by atoms with E-state index in [9.17, 15) is 9.59 Å². The lowest BCUT2D eigenvalue weighted by molar-refractivity contribution is -0.113. The number of methoxy groups -OCH3 is 1. The van der Waals surface area contributed by atoms with Gasteiger partial charge in [0.25, 0.3) is 0 Å². The minimum atomic E-state index is -0.416. The molecule has 0 radical (unpaired) electrons. The van der Waals surface area contributed by atoms with Gasteiger partial charge >= 0.3 is 5.97 Å². The second-order valence-corrected chi connectivity index (χ2v) is 12.5. The van der Waals surface area contributed by atoms with Crippen LogP contribution in [-0.4, -0.2) is 41.3 Å². The molecule has 1 aliphatic rings. The first-order valence-electron chi connectivity index (χ1n) is 13.5. The average molecular weight is 617 g/mol. The van der Waals surface area contributed by atoms with Crippen molar-refractivity contribution in [1.29, 1.82) is 0 Å². The fourth-order valence-electron chi connectivity index (χ4n) is 4.74. The summed E-state index contributed by atoms with van der Waals surface area (Å²) < 4.78 is 5.10. The number of rotatable bonds is 9. The van der Waals surface area contributed by atoms with Gasteiger partial charge in [0.15, 0.2) is 5.11 Å². The van der Waals surface area contributed by atoms with E-state index in [0.717, 1.165) is 52.8 Å². The number of thiocarbonyl (C=S) groups is 1. The Balaban J connectivity index is 1.19. The summed E-state index contributed by atoms with van der Waals surface area (Å²) in [6.45, 7) is 4.44. The first-order valence-corrected chi connectivity index (χ1v) is 15.8. The van der Waals surface area contributed by atoms with Crippen LogP contribution in [0, 0.1) is 6.92 Å². The zero-order valence-corrected chi connectivity index (χ0v) is 25.9. The van der Waals surface area contributed by atoms with Gasteiger partial charge in [0, 0.05) is 40.8 Å². The SMILES string of the molecule is COC(=O)c1c(NC(=O)CSc2cccc(NC(=S)Nc3ccc(C)cc3)c2)sc2c1CCN(Cc1ccccc1)C2. The van der Waals surface area contributed by atoms with Gasteiger partial charge < -0.3 is 20.7 Å². The zero-order valence-electron chi connectivity index (χ0n) is 23.4. The number of hydrogen-bond acceptors (Lipinski definition) is 7. The van der Waals surface area contributed by atoms with Crippen LogP contribution < -0.4 is 16.0 Å². The summed E-state index contributed by atoms with van der Waals surface area (Å²) in [5.74, 6) is -0.403. The van der Waals surface area contributed by atoms with E-state index >= 15 is 0 Å². The molecule has 4 aromatic rings. The third kappa shape index (κ3) is 7.77. The smallest absolute Gasteiger partial charge is 0.341 e. The standard InChI is InChI=1S/C32H32N4O3S3/c1-21-11-13-23(14-12-21)33-32(40)34-24-9-6-10-25(17-24)41-20-28(37)35-30-29(31(38)39-2)26-15-16-36(19-27(26)42-30)18-22-7-4-3-5-8-22/h3-14,17H,15-16,18-20H2,1-2H3,(H,35,37)(H2,33,34,40). The van der Waals surface area contributed by atoms with Crippen LogP contribution in [0.25, 0.3) is 0 Å². The molecule has 0 fully saturated rings. The van der Waals surface area contributed by atoms with Gasteiger partial charge in [-0.25, -0.2) is 4.79 Å². The number of aryl methyl sites for hydroxylation is 1. The van der Waals surface area contributed by atoms with E-state index in [2.05, 4.69) is 33.0 Å². The first kappa shape index (κ1) is 29.8. The van der Waals surface area contributed by atoms with Gasteiger partial charge in [0.1, 0.15) is 5.00 Å². The Morgan fingerprint density at radius 3 is 2.50 bits per heavy atom. The molecule has 1 amide bonds. The molecule has 0 unspecified atom stereocenters.